The van der Waals surface area contributed by atoms with Crippen molar-refractivity contribution >= 4 is 11.9 Å². The van der Waals surface area contributed by atoms with Gasteiger partial charge in [-0.3, -0.25) is 4.79 Å². The molecule has 0 saturated heterocycles. The van der Waals surface area contributed by atoms with Gasteiger partial charge in [0.25, 0.3) is 0 Å². The normalized spacial score (nSPS) is 12.1. The fourth-order valence-corrected chi connectivity index (χ4v) is 2.64. The number of aliphatic carboxylic acids is 1. The number of unbranched alkanes of at least 4 members (excludes halogenated alkanes) is 8. The number of aliphatic hydroxyl groups excluding tert-OH is 1. The first-order valence-corrected chi connectivity index (χ1v) is 9.17. The van der Waals surface area contributed by atoms with Crippen LogP contribution in [0.1, 0.15) is 84.5 Å². The van der Waals surface area contributed by atoms with E-state index in [4.69, 9.17) is 10.2 Å². The highest BCUT2D eigenvalue weighted by Crippen LogP contribution is 2.12. The first kappa shape index (κ1) is 21.9. The van der Waals surface area contributed by atoms with Crippen LogP contribution in [-0.2, 0) is 9.59 Å². The predicted molar refractivity (Wildman–Crippen MR) is 92.4 cm³/mol. The number of aliphatic hydroxyl groups is 1. The van der Waals surface area contributed by atoms with E-state index in [1.807, 2.05) is 0 Å². The molecule has 5 nitrogen and oxygen atoms in total. The van der Waals surface area contributed by atoms with Crippen molar-refractivity contribution in [2.24, 2.45) is 0 Å². The summed E-state index contributed by atoms with van der Waals surface area (Å²) in [6.07, 6.45) is 11.5. The van der Waals surface area contributed by atoms with Crippen LogP contribution in [0, 0.1) is 0 Å². The molecular formula is C18H35NO4. The molecule has 2 N–H and O–H groups in total. The summed E-state index contributed by atoms with van der Waals surface area (Å²) in [7, 11) is 0. The first-order valence-electron chi connectivity index (χ1n) is 9.17. The second-order valence-electron chi connectivity index (χ2n) is 6.26. The van der Waals surface area contributed by atoms with Gasteiger partial charge in [0, 0.05) is 19.6 Å². The zero-order valence-electron chi connectivity index (χ0n) is 14.9. The largest absolute Gasteiger partial charge is 0.480 e. The van der Waals surface area contributed by atoms with Crippen molar-refractivity contribution in [1.29, 1.82) is 0 Å². The molecule has 0 aromatic heterocycles. The fourth-order valence-electron chi connectivity index (χ4n) is 2.64. The van der Waals surface area contributed by atoms with Crippen LogP contribution >= 0.6 is 0 Å². The summed E-state index contributed by atoms with van der Waals surface area (Å²) in [6, 6.07) is -0.826. The lowest BCUT2D eigenvalue weighted by atomic mass is 10.1. The Labute approximate surface area is 141 Å². The minimum absolute atomic E-state index is 0.0336. The van der Waals surface area contributed by atoms with Gasteiger partial charge in [-0.2, -0.15) is 0 Å². The van der Waals surface area contributed by atoms with Gasteiger partial charge in [0.2, 0.25) is 5.91 Å². The molecule has 0 bridgehead atoms. The molecule has 23 heavy (non-hydrogen) atoms. The molecule has 1 atom stereocenters. The second-order valence-corrected chi connectivity index (χ2v) is 6.26. The lowest BCUT2D eigenvalue weighted by molar-refractivity contribution is -0.149. The Kier molecular flexibility index (Phi) is 13.8. The molecule has 0 fully saturated rings. The number of amides is 1. The van der Waals surface area contributed by atoms with Gasteiger partial charge in [-0.25, -0.2) is 4.79 Å². The van der Waals surface area contributed by atoms with Crippen molar-refractivity contribution < 1.29 is 19.8 Å². The van der Waals surface area contributed by atoms with E-state index in [0.29, 0.717) is 19.4 Å². The van der Waals surface area contributed by atoms with Gasteiger partial charge in [0.1, 0.15) is 6.04 Å². The minimum atomic E-state index is -0.997. The van der Waals surface area contributed by atoms with E-state index in [0.717, 1.165) is 19.3 Å². The highest BCUT2D eigenvalue weighted by atomic mass is 16.4. The van der Waals surface area contributed by atoms with Gasteiger partial charge in [0.15, 0.2) is 0 Å². The van der Waals surface area contributed by atoms with Crippen LogP contribution < -0.4 is 0 Å². The van der Waals surface area contributed by atoms with E-state index in [1.165, 1.54) is 50.3 Å². The highest BCUT2D eigenvalue weighted by molar-refractivity contribution is 5.83. The van der Waals surface area contributed by atoms with Crippen molar-refractivity contribution in [1.82, 2.24) is 4.90 Å². The van der Waals surface area contributed by atoms with Crippen LogP contribution in [0.15, 0.2) is 0 Å². The molecular weight excluding hydrogens is 294 g/mol. The van der Waals surface area contributed by atoms with Crippen LogP contribution in [0.5, 0.6) is 0 Å². The molecule has 136 valence electrons. The molecule has 0 saturated carbocycles. The topological polar surface area (TPSA) is 77.8 Å². The number of carbonyl (C=O) groups is 2. The molecule has 0 aromatic carbocycles. The Balaban J connectivity index is 3.88. The lowest BCUT2D eigenvalue weighted by Gasteiger charge is -2.26. The van der Waals surface area contributed by atoms with Crippen molar-refractivity contribution in [3.05, 3.63) is 0 Å². The predicted octanol–water partition coefficient (Wildman–Crippen LogP) is 3.59. The van der Waals surface area contributed by atoms with Crippen LogP contribution in [0.2, 0.25) is 0 Å². The fraction of sp³-hybridized carbons (Fsp3) is 0.889. The number of rotatable bonds is 15. The van der Waals surface area contributed by atoms with Crippen molar-refractivity contribution in [3.63, 3.8) is 0 Å². The Hall–Kier alpha value is -1.10. The Morgan fingerprint density at radius 3 is 1.91 bits per heavy atom. The van der Waals surface area contributed by atoms with Gasteiger partial charge >= 0.3 is 5.97 Å². The summed E-state index contributed by atoms with van der Waals surface area (Å²) in [5.74, 6) is -1.11. The summed E-state index contributed by atoms with van der Waals surface area (Å²) in [6.45, 7) is 4.01. The van der Waals surface area contributed by atoms with Crippen LogP contribution in [0.4, 0.5) is 0 Å². The monoisotopic (exact) mass is 329 g/mol. The van der Waals surface area contributed by atoms with Crippen molar-refractivity contribution in [2.45, 2.75) is 90.5 Å². The van der Waals surface area contributed by atoms with Crippen molar-refractivity contribution in [3.8, 4) is 0 Å². The molecule has 0 rings (SSSR count). The summed E-state index contributed by atoms with van der Waals surface area (Å²) >= 11 is 0. The molecule has 0 aliphatic rings. The van der Waals surface area contributed by atoms with Gasteiger partial charge in [-0.05, 0) is 19.8 Å². The lowest BCUT2D eigenvalue weighted by Crippen LogP contribution is -2.43. The van der Waals surface area contributed by atoms with E-state index >= 15 is 0 Å². The van der Waals surface area contributed by atoms with Gasteiger partial charge < -0.3 is 15.1 Å². The second kappa shape index (κ2) is 14.5. The van der Waals surface area contributed by atoms with E-state index < -0.39 is 12.0 Å². The third kappa shape index (κ3) is 11.1. The van der Waals surface area contributed by atoms with Gasteiger partial charge in [-0.1, -0.05) is 58.3 Å². The van der Waals surface area contributed by atoms with E-state index in [2.05, 4.69) is 6.92 Å². The third-order valence-electron chi connectivity index (χ3n) is 4.20. The summed E-state index contributed by atoms with van der Waals surface area (Å²) in [5, 5.41) is 18.0. The van der Waals surface area contributed by atoms with E-state index in [1.54, 1.807) is 0 Å². The smallest absolute Gasteiger partial charge is 0.326 e. The number of nitrogens with zero attached hydrogens (tertiary/aromatic N) is 1. The molecule has 0 spiro atoms. The number of hydrogen-bond acceptors (Lipinski definition) is 3. The van der Waals surface area contributed by atoms with E-state index in [9.17, 15) is 9.59 Å². The molecule has 0 heterocycles. The Morgan fingerprint density at radius 2 is 1.43 bits per heavy atom. The number of carboxylic acid groups (broad SMARTS) is 1. The molecule has 0 unspecified atom stereocenters. The summed E-state index contributed by atoms with van der Waals surface area (Å²) in [5.41, 5.74) is 0. The SMILES string of the molecule is CCCCCCCCCCCC(=O)N(CCCO)[C@@H](C)C(=O)O. The minimum Gasteiger partial charge on any atom is -0.480 e. The average molecular weight is 329 g/mol. The zero-order chi connectivity index (χ0) is 17.5. The molecule has 0 radical (unpaired) electrons. The maximum atomic E-state index is 12.2. The van der Waals surface area contributed by atoms with Crippen molar-refractivity contribution in [2.75, 3.05) is 13.2 Å². The number of carboxylic acids is 1. The standard InChI is InChI=1S/C18H35NO4/c1-3-4-5-6-7-8-9-10-11-13-17(21)19(14-12-15-20)16(2)18(22)23/h16,20H,3-15H2,1-2H3,(H,22,23)/t16-/m0/s1. The van der Waals surface area contributed by atoms with Crippen LogP contribution in [0.25, 0.3) is 0 Å². The maximum Gasteiger partial charge on any atom is 0.326 e. The van der Waals surface area contributed by atoms with Gasteiger partial charge in [0.05, 0.1) is 0 Å². The number of hydrogen-bond donors (Lipinski definition) is 2. The van der Waals surface area contributed by atoms with Gasteiger partial charge in [-0.15, -0.1) is 0 Å². The summed E-state index contributed by atoms with van der Waals surface area (Å²) in [4.78, 5) is 24.6. The maximum absolute atomic E-state index is 12.2. The third-order valence-corrected chi connectivity index (χ3v) is 4.20. The molecule has 1 amide bonds. The molecule has 0 aliphatic heterocycles. The highest BCUT2D eigenvalue weighted by Gasteiger charge is 2.24. The summed E-state index contributed by atoms with van der Waals surface area (Å²) < 4.78 is 0. The quantitative estimate of drug-likeness (QED) is 0.450. The zero-order valence-corrected chi connectivity index (χ0v) is 14.9. The first-order chi connectivity index (χ1) is 11.0. The van der Waals surface area contributed by atoms with Crippen LogP contribution in [0.3, 0.4) is 0 Å². The average Bonchev–Trinajstić information content (AvgIpc) is 2.53. The Bertz CT molecular complexity index is 320. The molecule has 5 heteroatoms. The Morgan fingerprint density at radius 1 is 0.913 bits per heavy atom. The molecule has 0 aliphatic carbocycles. The molecule has 0 aromatic rings. The van der Waals surface area contributed by atoms with E-state index in [-0.39, 0.29) is 12.5 Å². The number of carbonyl (C=O) groups excluding carboxylic acids is 1. The van der Waals surface area contributed by atoms with Crippen LogP contribution in [-0.4, -0.2) is 46.2 Å².